The molecule has 3 nitrogen and oxygen atoms in total. The van der Waals surface area contributed by atoms with Gasteiger partial charge in [0.05, 0.1) is 0 Å². The molecule has 1 aromatic carbocycles. The molecule has 0 spiro atoms. The smallest absolute Gasteiger partial charge is 0.427 e. The first kappa shape index (κ1) is 18.6. The SMILES string of the molecule is CCC1CCC(CCC(=O)Oc2ccc(OC(F)(F)F)cc2)CC1. The van der Waals surface area contributed by atoms with E-state index in [4.69, 9.17) is 4.74 Å². The van der Waals surface area contributed by atoms with Gasteiger partial charge in [0.1, 0.15) is 11.5 Å². The lowest BCUT2D eigenvalue weighted by Crippen LogP contribution is -2.17. The van der Waals surface area contributed by atoms with Crippen LogP contribution >= 0.6 is 0 Å². The van der Waals surface area contributed by atoms with Gasteiger partial charge in [-0.2, -0.15) is 0 Å². The van der Waals surface area contributed by atoms with Crippen LogP contribution in [0.5, 0.6) is 11.5 Å². The Hall–Kier alpha value is -1.72. The lowest BCUT2D eigenvalue weighted by Gasteiger charge is -2.27. The number of ether oxygens (including phenoxy) is 2. The van der Waals surface area contributed by atoms with Crippen molar-refractivity contribution in [1.29, 1.82) is 0 Å². The van der Waals surface area contributed by atoms with Crippen molar-refractivity contribution in [2.75, 3.05) is 0 Å². The molecule has 0 aromatic heterocycles. The van der Waals surface area contributed by atoms with Gasteiger partial charge >= 0.3 is 12.3 Å². The van der Waals surface area contributed by atoms with Gasteiger partial charge in [-0.3, -0.25) is 4.79 Å². The van der Waals surface area contributed by atoms with E-state index < -0.39 is 6.36 Å². The van der Waals surface area contributed by atoms with Crippen LogP contribution in [-0.4, -0.2) is 12.3 Å². The Balaban J connectivity index is 1.72. The number of esters is 1. The number of halogens is 3. The van der Waals surface area contributed by atoms with E-state index in [2.05, 4.69) is 11.7 Å². The second-order valence-electron chi connectivity index (χ2n) is 6.33. The first-order chi connectivity index (χ1) is 11.4. The Morgan fingerprint density at radius 1 is 1.04 bits per heavy atom. The zero-order chi connectivity index (χ0) is 17.6. The summed E-state index contributed by atoms with van der Waals surface area (Å²) < 4.78 is 45.1. The largest absolute Gasteiger partial charge is 0.573 e. The van der Waals surface area contributed by atoms with E-state index in [1.54, 1.807) is 0 Å². The first-order valence-corrected chi connectivity index (χ1v) is 8.42. The van der Waals surface area contributed by atoms with Gasteiger partial charge in [0.15, 0.2) is 0 Å². The summed E-state index contributed by atoms with van der Waals surface area (Å²) in [5.41, 5.74) is 0. The fraction of sp³-hybridized carbons (Fsp3) is 0.611. The van der Waals surface area contributed by atoms with Crippen LogP contribution in [0, 0.1) is 11.8 Å². The lowest BCUT2D eigenvalue weighted by molar-refractivity contribution is -0.274. The lowest BCUT2D eigenvalue weighted by atomic mass is 9.79. The van der Waals surface area contributed by atoms with Crippen LogP contribution in [0.1, 0.15) is 51.9 Å². The van der Waals surface area contributed by atoms with Crippen molar-refractivity contribution in [2.24, 2.45) is 11.8 Å². The molecular weight excluding hydrogens is 321 g/mol. The number of alkyl halides is 3. The van der Waals surface area contributed by atoms with Gasteiger partial charge < -0.3 is 9.47 Å². The van der Waals surface area contributed by atoms with Gasteiger partial charge in [0.2, 0.25) is 0 Å². The van der Waals surface area contributed by atoms with Crippen molar-refractivity contribution in [3.8, 4) is 11.5 Å². The van der Waals surface area contributed by atoms with Crippen molar-refractivity contribution in [1.82, 2.24) is 0 Å². The van der Waals surface area contributed by atoms with E-state index in [0.717, 1.165) is 37.3 Å². The van der Waals surface area contributed by atoms with Crippen LogP contribution in [0.25, 0.3) is 0 Å². The minimum Gasteiger partial charge on any atom is -0.427 e. The second kappa shape index (κ2) is 8.40. The van der Waals surface area contributed by atoms with Gasteiger partial charge in [-0.1, -0.05) is 39.0 Å². The first-order valence-electron chi connectivity index (χ1n) is 8.42. The minimum absolute atomic E-state index is 0.226. The summed E-state index contributed by atoms with van der Waals surface area (Å²) in [7, 11) is 0. The Bertz CT molecular complexity index is 517. The molecule has 24 heavy (non-hydrogen) atoms. The second-order valence-corrected chi connectivity index (χ2v) is 6.33. The molecular formula is C18H23F3O3. The standard InChI is InChI=1S/C18H23F3O3/c1-2-13-3-5-14(6-4-13)7-12-17(22)23-15-8-10-16(11-9-15)24-18(19,20)21/h8-11,13-14H,2-7,12H2,1H3. The van der Waals surface area contributed by atoms with Gasteiger partial charge in [0, 0.05) is 6.42 Å². The quantitative estimate of drug-likeness (QED) is 0.506. The molecule has 0 heterocycles. The molecule has 1 aromatic rings. The fourth-order valence-corrected chi connectivity index (χ4v) is 3.14. The molecule has 0 N–H and O–H groups in total. The Morgan fingerprint density at radius 3 is 2.12 bits per heavy atom. The number of hydrogen-bond donors (Lipinski definition) is 0. The molecule has 1 aliphatic carbocycles. The molecule has 1 saturated carbocycles. The van der Waals surface area contributed by atoms with Crippen LogP contribution in [0.4, 0.5) is 13.2 Å². The minimum atomic E-state index is -4.73. The molecule has 6 heteroatoms. The molecule has 0 unspecified atom stereocenters. The van der Waals surface area contributed by atoms with E-state index in [-0.39, 0.29) is 17.5 Å². The molecule has 0 amide bonds. The molecule has 0 radical (unpaired) electrons. The van der Waals surface area contributed by atoms with Gasteiger partial charge in [-0.15, -0.1) is 13.2 Å². The summed E-state index contributed by atoms with van der Waals surface area (Å²) in [6, 6.07) is 4.85. The molecule has 2 rings (SSSR count). The number of rotatable bonds is 6. The molecule has 1 aliphatic rings. The van der Waals surface area contributed by atoms with Crippen molar-refractivity contribution in [2.45, 2.75) is 58.2 Å². The van der Waals surface area contributed by atoms with Crippen molar-refractivity contribution < 1.29 is 27.4 Å². The normalized spacial score (nSPS) is 21.3. The van der Waals surface area contributed by atoms with Crippen LogP contribution in [0.2, 0.25) is 0 Å². The van der Waals surface area contributed by atoms with Crippen LogP contribution in [0.3, 0.4) is 0 Å². The highest BCUT2D eigenvalue weighted by Gasteiger charge is 2.31. The van der Waals surface area contributed by atoms with Crippen LogP contribution in [-0.2, 0) is 4.79 Å². The predicted octanol–water partition coefficient (Wildman–Crippen LogP) is 5.49. The summed E-state index contributed by atoms with van der Waals surface area (Å²) in [6.07, 6.45) is 2.43. The molecule has 1 fully saturated rings. The summed E-state index contributed by atoms with van der Waals surface area (Å²) in [4.78, 5) is 11.9. The number of benzene rings is 1. The highest BCUT2D eigenvalue weighted by molar-refractivity contribution is 5.72. The molecule has 134 valence electrons. The summed E-state index contributed by atoms with van der Waals surface area (Å²) >= 11 is 0. The maximum Gasteiger partial charge on any atom is 0.573 e. The molecule has 0 aliphatic heterocycles. The van der Waals surface area contributed by atoms with Crippen molar-refractivity contribution >= 4 is 5.97 Å². The maximum absolute atomic E-state index is 12.1. The third-order valence-corrected chi connectivity index (χ3v) is 4.59. The highest BCUT2D eigenvalue weighted by atomic mass is 19.4. The predicted molar refractivity (Wildman–Crippen MR) is 83.7 cm³/mol. The third-order valence-electron chi connectivity index (χ3n) is 4.59. The van der Waals surface area contributed by atoms with Gasteiger partial charge in [0.25, 0.3) is 0 Å². The van der Waals surface area contributed by atoms with Crippen LogP contribution < -0.4 is 9.47 Å². The topological polar surface area (TPSA) is 35.5 Å². The number of carbonyl (C=O) groups is 1. The fourth-order valence-electron chi connectivity index (χ4n) is 3.14. The van der Waals surface area contributed by atoms with E-state index in [0.29, 0.717) is 12.3 Å². The van der Waals surface area contributed by atoms with Gasteiger partial charge in [-0.05, 0) is 42.5 Å². The summed E-state index contributed by atoms with van der Waals surface area (Å²) in [5, 5.41) is 0. The maximum atomic E-state index is 12.1. The van der Waals surface area contributed by atoms with E-state index in [9.17, 15) is 18.0 Å². The summed E-state index contributed by atoms with van der Waals surface area (Å²) in [6.45, 7) is 2.22. The number of hydrogen-bond acceptors (Lipinski definition) is 3. The Labute approximate surface area is 140 Å². The zero-order valence-electron chi connectivity index (χ0n) is 13.8. The monoisotopic (exact) mass is 344 g/mol. The summed E-state index contributed by atoms with van der Waals surface area (Å²) in [5.74, 6) is 0.935. The average molecular weight is 344 g/mol. The van der Waals surface area contributed by atoms with E-state index in [1.165, 1.54) is 31.4 Å². The van der Waals surface area contributed by atoms with Gasteiger partial charge in [-0.25, -0.2) is 0 Å². The highest BCUT2D eigenvalue weighted by Crippen LogP contribution is 2.33. The Kier molecular flexibility index (Phi) is 6.52. The van der Waals surface area contributed by atoms with Crippen LogP contribution in [0.15, 0.2) is 24.3 Å². The number of carbonyl (C=O) groups excluding carboxylic acids is 1. The van der Waals surface area contributed by atoms with Crippen molar-refractivity contribution in [3.05, 3.63) is 24.3 Å². The molecule has 0 bridgehead atoms. The average Bonchev–Trinajstić information content (AvgIpc) is 2.54. The van der Waals surface area contributed by atoms with E-state index in [1.807, 2.05) is 0 Å². The zero-order valence-corrected chi connectivity index (χ0v) is 13.8. The molecule has 0 atom stereocenters. The third kappa shape index (κ3) is 6.42. The molecule has 0 saturated heterocycles. The Morgan fingerprint density at radius 2 is 1.58 bits per heavy atom. The van der Waals surface area contributed by atoms with E-state index >= 15 is 0 Å². The van der Waals surface area contributed by atoms with Crippen molar-refractivity contribution in [3.63, 3.8) is 0 Å².